The van der Waals surface area contributed by atoms with Gasteiger partial charge in [-0.3, -0.25) is 14.4 Å². The minimum absolute atomic E-state index is 0.0894. The predicted molar refractivity (Wildman–Crippen MR) is 74.4 cm³/mol. The van der Waals surface area contributed by atoms with Gasteiger partial charge in [0.25, 0.3) is 0 Å². The number of carbonyl (C=O) groups is 3. The number of esters is 1. The van der Waals surface area contributed by atoms with Gasteiger partial charge in [0.1, 0.15) is 0 Å². The Kier molecular flexibility index (Phi) is 6.65. The van der Waals surface area contributed by atoms with E-state index in [-0.39, 0.29) is 37.2 Å². The van der Waals surface area contributed by atoms with Crippen molar-refractivity contribution in [1.82, 2.24) is 10.3 Å². The second-order valence-electron chi connectivity index (χ2n) is 3.91. The topological polar surface area (TPSA) is 97.4 Å². The lowest BCUT2D eigenvalue weighted by molar-refractivity contribution is -0.142. The third-order valence-corrected chi connectivity index (χ3v) is 2.96. The van der Waals surface area contributed by atoms with Crippen molar-refractivity contribution in [1.29, 1.82) is 0 Å². The van der Waals surface area contributed by atoms with Crippen molar-refractivity contribution in [3.05, 3.63) is 11.1 Å². The number of hydrogen-bond donors (Lipinski definition) is 2. The second-order valence-corrected chi connectivity index (χ2v) is 4.77. The summed E-state index contributed by atoms with van der Waals surface area (Å²) in [5.41, 5.74) is 0.561. The van der Waals surface area contributed by atoms with Crippen LogP contribution in [0.3, 0.4) is 0 Å². The number of nitrogens with zero attached hydrogens (tertiary/aromatic N) is 1. The Hall–Kier alpha value is -1.96. The van der Waals surface area contributed by atoms with Crippen LogP contribution < -0.4 is 10.6 Å². The number of rotatable bonds is 7. The quantitative estimate of drug-likeness (QED) is 0.723. The molecule has 0 aromatic carbocycles. The number of carbonyl (C=O) groups excluding carboxylic acids is 3. The second kappa shape index (κ2) is 8.26. The first-order valence-electron chi connectivity index (χ1n) is 6.15. The highest BCUT2D eigenvalue weighted by molar-refractivity contribution is 7.13. The minimum Gasteiger partial charge on any atom is -0.466 e. The summed E-state index contributed by atoms with van der Waals surface area (Å²) < 4.78 is 4.81. The van der Waals surface area contributed by atoms with E-state index in [1.807, 2.05) is 0 Å². The normalized spacial score (nSPS) is 9.90. The summed E-state index contributed by atoms with van der Waals surface area (Å²) in [5, 5.41) is 7.26. The molecule has 0 fully saturated rings. The highest BCUT2D eigenvalue weighted by atomic mass is 32.1. The lowest BCUT2D eigenvalue weighted by atomic mass is 10.3. The van der Waals surface area contributed by atoms with Gasteiger partial charge in [-0.1, -0.05) is 0 Å². The van der Waals surface area contributed by atoms with Crippen LogP contribution in [0.25, 0.3) is 0 Å². The zero-order valence-electron chi connectivity index (χ0n) is 11.4. The number of aromatic nitrogens is 1. The Morgan fingerprint density at radius 3 is 2.80 bits per heavy atom. The van der Waals surface area contributed by atoms with Crippen molar-refractivity contribution in [2.24, 2.45) is 0 Å². The fraction of sp³-hybridized carbons (Fsp3) is 0.500. The third kappa shape index (κ3) is 6.28. The van der Waals surface area contributed by atoms with Crippen molar-refractivity contribution in [3.8, 4) is 0 Å². The first-order chi connectivity index (χ1) is 9.51. The van der Waals surface area contributed by atoms with E-state index in [2.05, 4.69) is 15.6 Å². The molecule has 20 heavy (non-hydrogen) atoms. The van der Waals surface area contributed by atoms with Gasteiger partial charge >= 0.3 is 5.97 Å². The molecule has 1 rings (SSSR count). The Bertz CT molecular complexity index is 487. The van der Waals surface area contributed by atoms with E-state index < -0.39 is 0 Å². The fourth-order valence-electron chi connectivity index (χ4n) is 1.34. The smallest absolute Gasteiger partial charge is 0.311 e. The first kappa shape index (κ1) is 16.1. The summed E-state index contributed by atoms with van der Waals surface area (Å²) in [6.07, 6.45) is 0.262. The summed E-state index contributed by atoms with van der Waals surface area (Å²) in [6.45, 7) is 3.73. The number of nitrogens with one attached hydrogen (secondary N) is 2. The van der Waals surface area contributed by atoms with E-state index in [9.17, 15) is 14.4 Å². The maximum Gasteiger partial charge on any atom is 0.311 e. The van der Waals surface area contributed by atoms with Crippen molar-refractivity contribution < 1.29 is 19.1 Å². The zero-order chi connectivity index (χ0) is 15.0. The van der Waals surface area contributed by atoms with Gasteiger partial charge in [0, 0.05) is 25.3 Å². The molecule has 2 amide bonds. The first-order valence-corrected chi connectivity index (χ1v) is 7.03. The van der Waals surface area contributed by atoms with Crippen LogP contribution in [0.5, 0.6) is 0 Å². The molecular formula is C12H17N3O4S. The molecule has 1 heterocycles. The lowest BCUT2D eigenvalue weighted by Gasteiger charge is -2.02. The summed E-state index contributed by atoms with van der Waals surface area (Å²) in [5.74, 6) is -0.763. The van der Waals surface area contributed by atoms with Crippen LogP contribution in [0.1, 0.15) is 26.0 Å². The third-order valence-electron chi connectivity index (χ3n) is 2.15. The van der Waals surface area contributed by atoms with Gasteiger partial charge in [0.05, 0.1) is 18.7 Å². The van der Waals surface area contributed by atoms with E-state index in [0.29, 0.717) is 17.4 Å². The van der Waals surface area contributed by atoms with Crippen molar-refractivity contribution in [2.45, 2.75) is 26.7 Å². The summed E-state index contributed by atoms with van der Waals surface area (Å²) in [6, 6.07) is 0. The molecule has 0 saturated carbocycles. The fourth-order valence-corrected chi connectivity index (χ4v) is 2.07. The predicted octanol–water partition coefficient (Wildman–Crippen LogP) is 0.713. The van der Waals surface area contributed by atoms with Gasteiger partial charge < -0.3 is 15.4 Å². The largest absolute Gasteiger partial charge is 0.466 e. The summed E-state index contributed by atoms with van der Waals surface area (Å²) in [4.78, 5) is 37.6. The van der Waals surface area contributed by atoms with Crippen LogP contribution >= 0.6 is 11.3 Å². The molecule has 1 aromatic rings. The molecule has 1 aromatic heterocycles. The molecule has 0 atom stereocenters. The Morgan fingerprint density at radius 2 is 2.15 bits per heavy atom. The number of anilines is 1. The number of thiazole rings is 1. The van der Waals surface area contributed by atoms with Crippen molar-refractivity contribution in [2.75, 3.05) is 18.5 Å². The molecule has 0 aliphatic carbocycles. The summed E-state index contributed by atoms with van der Waals surface area (Å²) >= 11 is 1.24. The van der Waals surface area contributed by atoms with E-state index in [0.717, 1.165) is 0 Å². The van der Waals surface area contributed by atoms with Crippen LogP contribution in [-0.2, 0) is 25.5 Å². The van der Waals surface area contributed by atoms with Crippen molar-refractivity contribution in [3.63, 3.8) is 0 Å². The average molecular weight is 299 g/mol. The van der Waals surface area contributed by atoms with E-state index in [4.69, 9.17) is 4.74 Å². The van der Waals surface area contributed by atoms with Crippen LogP contribution in [0.2, 0.25) is 0 Å². The van der Waals surface area contributed by atoms with E-state index >= 15 is 0 Å². The molecule has 2 N–H and O–H groups in total. The van der Waals surface area contributed by atoms with Gasteiger partial charge in [-0.25, -0.2) is 4.98 Å². The summed E-state index contributed by atoms with van der Waals surface area (Å²) in [7, 11) is 0. The molecule has 0 aliphatic heterocycles. The SMILES string of the molecule is CCOC(=O)Cc1csc(NC(=O)CCNC(C)=O)n1. The molecule has 0 saturated heterocycles. The molecule has 0 bridgehead atoms. The number of amides is 2. The van der Waals surface area contributed by atoms with Gasteiger partial charge in [-0.2, -0.15) is 0 Å². The van der Waals surface area contributed by atoms with Gasteiger partial charge in [0.2, 0.25) is 11.8 Å². The van der Waals surface area contributed by atoms with E-state index in [1.54, 1.807) is 12.3 Å². The molecule has 8 heteroatoms. The van der Waals surface area contributed by atoms with Crippen LogP contribution in [0.15, 0.2) is 5.38 Å². The average Bonchev–Trinajstić information content (AvgIpc) is 2.76. The molecule has 0 unspecified atom stereocenters. The molecule has 0 aliphatic rings. The minimum atomic E-state index is -0.346. The molecule has 110 valence electrons. The molecule has 0 spiro atoms. The van der Waals surface area contributed by atoms with Crippen molar-refractivity contribution >= 4 is 34.3 Å². The van der Waals surface area contributed by atoms with Gasteiger partial charge in [0.15, 0.2) is 5.13 Å². The number of hydrogen-bond acceptors (Lipinski definition) is 6. The maximum atomic E-state index is 11.5. The van der Waals surface area contributed by atoms with E-state index in [1.165, 1.54) is 18.3 Å². The molecule has 7 nitrogen and oxygen atoms in total. The Balaban J connectivity index is 2.37. The highest BCUT2D eigenvalue weighted by Gasteiger charge is 2.10. The monoisotopic (exact) mass is 299 g/mol. The van der Waals surface area contributed by atoms with Gasteiger partial charge in [-0.15, -0.1) is 11.3 Å². The van der Waals surface area contributed by atoms with Gasteiger partial charge in [-0.05, 0) is 6.92 Å². The van der Waals surface area contributed by atoms with Crippen LogP contribution in [0, 0.1) is 0 Å². The molecular weight excluding hydrogens is 282 g/mol. The molecule has 0 radical (unpaired) electrons. The van der Waals surface area contributed by atoms with Crippen LogP contribution in [-0.4, -0.2) is 35.9 Å². The Morgan fingerprint density at radius 1 is 1.40 bits per heavy atom. The Labute approximate surface area is 120 Å². The highest BCUT2D eigenvalue weighted by Crippen LogP contribution is 2.16. The lowest BCUT2D eigenvalue weighted by Crippen LogP contribution is -2.25. The zero-order valence-corrected chi connectivity index (χ0v) is 12.2. The van der Waals surface area contributed by atoms with Crippen LogP contribution in [0.4, 0.5) is 5.13 Å². The standard InChI is InChI=1S/C12H17N3O4S/c1-3-19-11(18)6-9-7-20-12(14-9)15-10(17)4-5-13-8(2)16/h7H,3-6H2,1-2H3,(H,13,16)(H,14,15,17). The maximum absolute atomic E-state index is 11.5. The number of ether oxygens (including phenoxy) is 1.